The normalized spacial score (nSPS) is 21.9. The van der Waals surface area contributed by atoms with Gasteiger partial charge in [-0.25, -0.2) is 4.90 Å². The Morgan fingerprint density at radius 3 is 2.68 bits per heavy atom. The fraction of sp³-hybridized carbons (Fsp3) is 0.333. The summed E-state index contributed by atoms with van der Waals surface area (Å²) in [4.78, 5) is 16.2. The number of halogens is 1. The number of carbonyl (C=O) groups excluding carboxylic acids is 1. The highest BCUT2D eigenvalue weighted by molar-refractivity contribution is 8.26. The van der Waals surface area contributed by atoms with Gasteiger partial charge >= 0.3 is 0 Å². The molecule has 1 amide bonds. The molecule has 0 saturated carbocycles. The number of thiocarbonyl (C=S) groups is 1. The number of morpholine rings is 1. The highest BCUT2D eigenvalue weighted by Gasteiger charge is 2.34. The summed E-state index contributed by atoms with van der Waals surface area (Å²) in [6, 6.07) is 7.40. The van der Waals surface area contributed by atoms with Gasteiger partial charge in [0.15, 0.2) is 11.0 Å². The molecule has 4 nitrogen and oxygen atoms in total. The average Bonchev–Trinajstić information content (AvgIpc) is 2.78. The lowest BCUT2D eigenvalue weighted by Gasteiger charge is -2.27. The molecule has 1 aromatic carbocycles. The maximum Gasteiger partial charge on any atom is 0.270 e. The third-order valence-corrected chi connectivity index (χ3v) is 5.25. The van der Waals surface area contributed by atoms with E-state index in [1.807, 2.05) is 30.3 Å². The van der Waals surface area contributed by atoms with Crippen molar-refractivity contribution in [3.8, 4) is 0 Å². The monoisotopic (exact) mass is 355 g/mol. The average molecular weight is 356 g/mol. The van der Waals surface area contributed by atoms with Crippen molar-refractivity contribution >= 4 is 51.9 Å². The molecule has 0 atom stereocenters. The number of ether oxygens (including phenoxy) is 1. The number of nitrogens with one attached hydrogen (secondary N) is 1. The topological polar surface area (TPSA) is 34.0 Å². The summed E-state index contributed by atoms with van der Waals surface area (Å²) in [6.07, 6.45) is 1.87. The SMILES string of the molecule is O=C1/C(=C/c2ccc(Cl)cc2)SC(=S)N1C[NH+]1CCOCC1. The first-order valence-electron chi connectivity index (χ1n) is 7.06. The molecule has 0 bridgehead atoms. The Labute approximate surface area is 144 Å². The molecular weight excluding hydrogens is 340 g/mol. The van der Waals surface area contributed by atoms with Crippen LogP contribution in [0.4, 0.5) is 0 Å². The molecule has 3 rings (SSSR count). The van der Waals surface area contributed by atoms with Crippen LogP contribution < -0.4 is 4.90 Å². The van der Waals surface area contributed by atoms with Gasteiger partial charge in [0.25, 0.3) is 5.91 Å². The minimum atomic E-state index is -0.0102. The van der Waals surface area contributed by atoms with E-state index in [4.69, 9.17) is 28.6 Å². The highest BCUT2D eigenvalue weighted by atomic mass is 35.5. The van der Waals surface area contributed by atoms with Crippen LogP contribution in [0.15, 0.2) is 29.2 Å². The lowest BCUT2D eigenvalue weighted by molar-refractivity contribution is -0.914. The first-order chi connectivity index (χ1) is 10.6. The molecule has 0 spiro atoms. The van der Waals surface area contributed by atoms with Crippen LogP contribution in [0.3, 0.4) is 0 Å². The molecule has 1 N–H and O–H groups in total. The fourth-order valence-corrected chi connectivity index (χ4v) is 3.77. The Balaban J connectivity index is 1.71. The molecule has 2 aliphatic heterocycles. The Bertz CT molecular complexity index is 612. The van der Waals surface area contributed by atoms with E-state index in [9.17, 15) is 4.79 Å². The van der Waals surface area contributed by atoms with Gasteiger partial charge in [-0.3, -0.25) is 4.79 Å². The summed E-state index contributed by atoms with van der Waals surface area (Å²) >= 11 is 12.6. The minimum Gasteiger partial charge on any atom is -0.370 e. The van der Waals surface area contributed by atoms with Crippen molar-refractivity contribution in [2.24, 2.45) is 0 Å². The molecular formula is C15H16ClN2O2S2+. The van der Waals surface area contributed by atoms with Gasteiger partial charge in [-0.2, -0.15) is 0 Å². The van der Waals surface area contributed by atoms with Crippen LogP contribution >= 0.6 is 35.6 Å². The molecule has 2 saturated heterocycles. The molecule has 116 valence electrons. The Morgan fingerprint density at radius 2 is 2.00 bits per heavy atom. The summed E-state index contributed by atoms with van der Waals surface area (Å²) in [7, 11) is 0. The van der Waals surface area contributed by atoms with Gasteiger partial charge in [0, 0.05) is 5.02 Å². The van der Waals surface area contributed by atoms with Crippen LogP contribution in [0.1, 0.15) is 5.56 Å². The highest BCUT2D eigenvalue weighted by Crippen LogP contribution is 2.31. The molecule has 0 radical (unpaired) electrons. The molecule has 7 heteroatoms. The third kappa shape index (κ3) is 3.70. The lowest BCUT2D eigenvalue weighted by atomic mass is 10.2. The number of benzene rings is 1. The lowest BCUT2D eigenvalue weighted by Crippen LogP contribution is -3.15. The van der Waals surface area contributed by atoms with E-state index in [0.29, 0.717) is 20.9 Å². The van der Waals surface area contributed by atoms with E-state index in [1.165, 1.54) is 16.7 Å². The summed E-state index contributed by atoms with van der Waals surface area (Å²) < 4.78 is 5.97. The molecule has 2 aliphatic rings. The van der Waals surface area contributed by atoms with E-state index in [0.717, 1.165) is 31.9 Å². The molecule has 2 heterocycles. The molecule has 0 aromatic heterocycles. The van der Waals surface area contributed by atoms with E-state index in [-0.39, 0.29) is 5.91 Å². The second-order valence-corrected chi connectivity index (χ2v) is 7.29. The third-order valence-electron chi connectivity index (χ3n) is 3.62. The number of thioether (sulfide) groups is 1. The predicted molar refractivity (Wildman–Crippen MR) is 92.8 cm³/mol. The van der Waals surface area contributed by atoms with E-state index >= 15 is 0 Å². The van der Waals surface area contributed by atoms with Crippen molar-refractivity contribution in [2.75, 3.05) is 33.0 Å². The van der Waals surface area contributed by atoms with Crippen molar-refractivity contribution in [1.82, 2.24) is 4.90 Å². The number of hydrogen-bond donors (Lipinski definition) is 1. The number of quaternary nitrogens is 1. The number of hydrogen-bond acceptors (Lipinski definition) is 4. The zero-order chi connectivity index (χ0) is 15.5. The van der Waals surface area contributed by atoms with Crippen molar-refractivity contribution in [3.63, 3.8) is 0 Å². The Kier molecular flexibility index (Phi) is 5.15. The molecule has 22 heavy (non-hydrogen) atoms. The number of nitrogens with zero attached hydrogens (tertiary/aromatic N) is 1. The van der Waals surface area contributed by atoms with Gasteiger partial charge in [0.2, 0.25) is 0 Å². The zero-order valence-corrected chi connectivity index (χ0v) is 14.3. The van der Waals surface area contributed by atoms with Crippen molar-refractivity contribution in [3.05, 3.63) is 39.8 Å². The largest absolute Gasteiger partial charge is 0.370 e. The second kappa shape index (κ2) is 7.10. The van der Waals surface area contributed by atoms with Crippen molar-refractivity contribution in [1.29, 1.82) is 0 Å². The van der Waals surface area contributed by atoms with Crippen LogP contribution in [0.25, 0.3) is 6.08 Å². The number of carbonyl (C=O) groups is 1. The maximum atomic E-state index is 12.5. The molecule has 2 fully saturated rings. The van der Waals surface area contributed by atoms with E-state index < -0.39 is 0 Å². The Hall–Kier alpha value is -0.920. The minimum absolute atomic E-state index is 0.0102. The van der Waals surface area contributed by atoms with Crippen molar-refractivity contribution in [2.45, 2.75) is 0 Å². The van der Waals surface area contributed by atoms with Gasteiger partial charge in [-0.1, -0.05) is 47.7 Å². The van der Waals surface area contributed by atoms with Crippen molar-refractivity contribution < 1.29 is 14.4 Å². The smallest absolute Gasteiger partial charge is 0.270 e. The standard InChI is InChI=1S/C15H15ClN2O2S2/c16-12-3-1-11(2-4-12)9-13-14(19)18(15(21)22-13)10-17-5-7-20-8-6-17/h1-4,9H,5-8,10H2/p+1/b13-9-. The quantitative estimate of drug-likeness (QED) is 0.656. The predicted octanol–water partition coefficient (Wildman–Crippen LogP) is 1.41. The summed E-state index contributed by atoms with van der Waals surface area (Å²) in [5.74, 6) is -0.0102. The van der Waals surface area contributed by atoms with Gasteiger partial charge in [-0.05, 0) is 23.8 Å². The zero-order valence-electron chi connectivity index (χ0n) is 11.9. The van der Waals surface area contributed by atoms with E-state index in [2.05, 4.69) is 0 Å². The fourth-order valence-electron chi connectivity index (χ4n) is 2.39. The van der Waals surface area contributed by atoms with Crippen LogP contribution in [0, 0.1) is 0 Å². The van der Waals surface area contributed by atoms with Crippen LogP contribution in [-0.4, -0.2) is 48.1 Å². The van der Waals surface area contributed by atoms with Gasteiger partial charge in [0.05, 0.1) is 18.1 Å². The van der Waals surface area contributed by atoms with Crippen LogP contribution in [0.5, 0.6) is 0 Å². The van der Waals surface area contributed by atoms with Crippen LogP contribution in [0.2, 0.25) is 5.02 Å². The summed E-state index contributed by atoms with van der Waals surface area (Å²) in [5, 5.41) is 0.681. The van der Waals surface area contributed by atoms with Gasteiger partial charge in [0.1, 0.15) is 13.1 Å². The first kappa shape index (κ1) is 16.0. The van der Waals surface area contributed by atoms with Gasteiger partial charge < -0.3 is 9.64 Å². The summed E-state index contributed by atoms with van der Waals surface area (Å²) in [6.45, 7) is 3.92. The molecule has 1 aromatic rings. The molecule has 0 unspecified atom stereocenters. The Morgan fingerprint density at radius 1 is 1.32 bits per heavy atom. The first-order valence-corrected chi connectivity index (χ1v) is 8.66. The van der Waals surface area contributed by atoms with Crippen LogP contribution in [-0.2, 0) is 9.53 Å². The van der Waals surface area contributed by atoms with E-state index in [1.54, 1.807) is 4.90 Å². The van der Waals surface area contributed by atoms with Gasteiger partial charge in [-0.15, -0.1) is 0 Å². The number of rotatable bonds is 3. The second-order valence-electron chi connectivity index (χ2n) is 5.18. The number of amides is 1. The molecule has 0 aliphatic carbocycles. The maximum absolute atomic E-state index is 12.5. The summed E-state index contributed by atoms with van der Waals surface area (Å²) in [5.41, 5.74) is 0.948.